The van der Waals surface area contributed by atoms with Crippen molar-refractivity contribution in [2.45, 2.75) is 0 Å². The Morgan fingerprint density at radius 3 is 2.73 bits per heavy atom. The lowest BCUT2D eigenvalue weighted by molar-refractivity contribution is 0.0955. The number of nitrogens with zero attached hydrogens (tertiary/aromatic N) is 2. The molecule has 0 saturated carbocycles. The maximum Gasteiger partial charge on any atom is 0.271 e. The number of ether oxygens (including phenoxy) is 1. The first-order chi connectivity index (χ1) is 16.1. The average Bonchev–Trinajstić information content (AvgIpc) is 3.27. The smallest absolute Gasteiger partial charge is 0.271 e. The first-order valence-electron chi connectivity index (χ1n) is 10.3. The van der Waals surface area contributed by atoms with Gasteiger partial charge in [0.25, 0.3) is 5.91 Å². The number of aromatic nitrogens is 2. The maximum atomic E-state index is 12.7. The molecular formula is C26H20N4O3. The quantitative estimate of drug-likeness (QED) is 0.271. The number of hydrogen-bond acceptors (Lipinski definition) is 5. The van der Waals surface area contributed by atoms with Crippen LogP contribution in [0.15, 0.2) is 84.0 Å². The minimum atomic E-state index is -0.355. The fourth-order valence-electron chi connectivity index (χ4n) is 3.76. The molecule has 1 heterocycles. The molecule has 1 aromatic heterocycles. The Morgan fingerprint density at radius 1 is 1.06 bits per heavy atom. The lowest BCUT2D eigenvalue weighted by Crippen LogP contribution is -2.17. The monoisotopic (exact) mass is 436 g/mol. The number of hydrazone groups is 1. The van der Waals surface area contributed by atoms with Crippen molar-refractivity contribution in [3.05, 3.63) is 90.0 Å². The van der Waals surface area contributed by atoms with Crippen LogP contribution in [0.2, 0.25) is 0 Å². The zero-order valence-corrected chi connectivity index (χ0v) is 17.7. The van der Waals surface area contributed by atoms with Crippen LogP contribution in [-0.4, -0.2) is 34.3 Å². The Morgan fingerprint density at radius 2 is 1.88 bits per heavy atom. The lowest BCUT2D eigenvalue weighted by atomic mass is 10.0. The van der Waals surface area contributed by atoms with Gasteiger partial charge in [-0.3, -0.25) is 4.79 Å². The van der Waals surface area contributed by atoms with Gasteiger partial charge in [0.1, 0.15) is 17.3 Å². The van der Waals surface area contributed by atoms with Crippen LogP contribution in [0.25, 0.3) is 33.2 Å². The number of para-hydroxylation sites is 1. The van der Waals surface area contributed by atoms with Gasteiger partial charge in [0.15, 0.2) is 0 Å². The predicted octanol–water partition coefficient (Wildman–Crippen LogP) is 4.86. The molecular weight excluding hydrogens is 416 g/mol. The molecule has 4 aromatic carbocycles. The van der Waals surface area contributed by atoms with Crippen LogP contribution in [0, 0.1) is 0 Å². The summed E-state index contributed by atoms with van der Waals surface area (Å²) in [6, 6.07) is 23.8. The number of aromatic amines is 1. The highest BCUT2D eigenvalue weighted by atomic mass is 16.5. The van der Waals surface area contributed by atoms with Crippen molar-refractivity contribution >= 4 is 33.9 Å². The summed E-state index contributed by atoms with van der Waals surface area (Å²) in [5, 5.41) is 16.3. The average molecular weight is 436 g/mol. The molecule has 0 aliphatic heterocycles. The first kappa shape index (κ1) is 20.3. The number of phenols is 1. The van der Waals surface area contributed by atoms with E-state index in [1.165, 1.54) is 0 Å². The minimum absolute atomic E-state index is 0.132. The number of H-pyrrole nitrogens is 1. The van der Waals surface area contributed by atoms with Crippen LogP contribution in [-0.2, 0) is 0 Å². The van der Waals surface area contributed by atoms with Crippen LogP contribution in [0.4, 0.5) is 0 Å². The van der Waals surface area contributed by atoms with Crippen LogP contribution < -0.4 is 10.2 Å². The number of phenolic OH excluding ortho intramolecular Hbond substituents is 1. The zero-order chi connectivity index (χ0) is 22.8. The lowest BCUT2D eigenvalue weighted by Gasteiger charge is -2.08. The molecule has 0 aliphatic rings. The van der Waals surface area contributed by atoms with Crippen LogP contribution in [0.3, 0.4) is 0 Å². The SMILES string of the molecule is COc1ccc2ccccc2c1/C=N/NC(=O)c1ccc2nc(-c3ccccc3O)[nH]c2c1. The second kappa shape index (κ2) is 8.47. The second-order valence-corrected chi connectivity index (χ2v) is 7.44. The van der Waals surface area contributed by atoms with E-state index in [4.69, 9.17) is 4.74 Å². The van der Waals surface area contributed by atoms with Crippen molar-refractivity contribution in [2.75, 3.05) is 7.11 Å². The summed E-state index contributed by atoms with van der Waals surface area (Å²) in [6.07, 6.45) is 1.59. The third-order valence-electron chi connectivity index (χ3n) is 5.41. The third-order valence-corrected chi connectivity index (χ3v) is 5.41. The van der Waals surface area contributed by atoms with Gasteiger partial charge in [-0.05, 0) is 47.2 Å². The van der Waals surface area contributed by atoms with Crippen LogP contribution in [0.1, 0.15) is 15.9 Å². The summed E-state index contributed by atoms with van der Waals surface area (Å²) in [5.41, 5.74) is 5.75. The standard InChI is InChI=1S/C26H20N4O3/c1-33-24-13-11-16-6-2-3-7-18(16)20(24)15-27-30-26(32)17-10-12-21-22(14-17)29-25(28-21)19-8-4-5-9-23(19)31/h2-15,31H,1H3,(H,28,29)(H,30,32)/b27-15+. The topological polar surface area (TPSA) is 99.6 Å². The summed E-state index contributed by atoms with van der Waals surface area (Å²) in [5.74, 6) is 0.975. The van der Waals surface area contributed by atoms with Crippen molar-refractivity contribution in [1.29, 1.82) is 0 Å². The zero-order valence-electron chi connectivity index (χ0n) is 17.7. The number of nitrogens with one attached hydrogen (secondary N) is 2. The van der Waals surface area contributed by atoms with Gasteiger partial charge < -0.3 is 14.8 Å². The molecule has 7 nitrogen and oxygen atoms in total. The maximum absolute atomic E-state index is 12.7. The van der Waals surface area contributed by atoms with Gasteiger partial charge in [-0.1, -0.05) is 42.5 Å². The van der Waals surface area contributed by atoms with E-state index in [9.17, 15) is 9.90 Å². The molecule has 7 heteroatoms. The van der Waals surface area contributed by atoms with E-state index in [1.807, 2.05) is 42.5 Å². The summed E-state index contributed by atoms with van der Waals surface area (Å²) < 4.78 is 5.46. The molecule has 5 aromatic rings. The number of amides is 1. The molecule has 0 saturated heterocycles. The Labute approximate surface area is 189 Å². The molecule has 3 N–H and O–H groups in total. The molecule has 1 amide bonds. The first-order valence-corrected chi connectivity index (χ1v) is 10.3. The van der Waals surface area contributed by atoms with E-state index in [-0.39, 0.29) is 11.7 Å². The fraction of sp³-hybridized carbons (Fsp3) is 0.0385. The van der Waals surface area contributed by atoms with Gasteiger partial charge in [-0.15, -0.1) is 0 Å². The number of aromatic hydroxyl groups is 1. The number of rotatable bonds is 5. The number of hydrogen-bond donors (Lipinski definition) is 3. The summed E-state index contributed by atoms with van der Waals surface area (Å²) in [6.45, 7) is 0. The van der Waals surface area contributed by atoms with E-state index < -0.39 is 0 Å². The number of carbonyl (C=O) groups excluding carboxylic acids is 1. The van der Waals surface area contributed by atoms with Gasteiger partial charge in [0, 0.05) is 11.1 Å². The highest BCUT2D eigenvalue weighted by Gasteiger charge is 2.12. The Bertz CT molecular complexity index is 1520. The van der Waals surface area contributed by atoms with Crippen molar-refractivity contribution in [3.8, 4) is 22.9 Å². The Kier molecular flexibility index (Phi) is 5.20. The highest BCUT2D eigenvalue weighted by molar-refractivity contribution is 6.03. The van der Waals surface area contributed by atoms with Crippen molar-refractivity contribution in [3.63, 3.8) is 0 Å². The summed E-state index contributed by atoms with van der Waals surface area (Å²) in [4.78, 5) is 20.4. The van der Waals surface area contributed by atoms with Crippen LogP contribution >= 0.6 is 0 Å². The van der Waals surface area contributed by atoms with Gasteiger partial charge in [-0.2, -0.15) is 5.10 Å². The Balaban J connectivity index is 1.39. The molecule has 0 spiro atoms. The Hall–Kier alpha value is -4.65. The van der Waals surface area contributed by atoms with Gasteiger partial charge in [-0.25, -0.2) is 10.4 Å². The predicted molar refractivity (Wildman–Crippen MR) is 129 cm³/mol. The van der Waals surface area contributed by atoms with E-state index in [0.717, 1.165) is 16.3 Å². The van der Waals surface area contributed by atoms with Crippen molar-refractivity contribution in [2.24, 2.45) is 5.10 Å². The molecule has 0 atom stereocenters. The van der Waals surface area contributed by atoms with Crippen molar-refractivity contribution in [1.82, 2.24) is 15.4 Å². The molecule has 0 fully saturated rings. The van der Waals surface area contributed by atoms with Crippen LogP contribution in [0.5, 0.6) is 11.5 Å². The number of carbonyl (C=O) groups is 1. The minimum Gasteiger partial charge on any atom is -0.507 e. The van der Waals surface area contributed by atoms with E-state index in [2.05, 4.69) is 20.5 Å². The molecule has 0 aliphatic carbocycles. The molecule has 162 valence electrons. The largest absolute Gasteiger partial charge is 0.507 e. The number of benzene rings is 4. The molecule has 0 radical (unpaired) electrons. The number of imidazole rings is 1. The summed E-state index contributed by atoms with van der Waals surface area (Å²) >= 11 is 0. The van der Waals surface area contributed by atoms with E-state index in [0.29, 0.717) is 33.7 Å². The van der Waals surface area contributed by atoms with E-state index in [1.54, 1.807) is 49.7 Å². The van der Waals surface area contributed by atoms with Gasteiger partial charge >= 0.3 is 0 Å². The normalized spacial score (nSPS) is 11.3. The highest BCUT2D eigenvalue weighted by Crippen LogP contribution is 2.28. The second-order valence-electron chi connectivity index (χ2n) is 7.44. The molecule has 5 rings (SSSR count). The van der Waals surface area contributed by atoms with E-state index >= 15 is 0 Å². The molecule has 0 unspecified atom stereocenters. The molecule has 33 heavy (non-hydrogen) atoms. The fourth-order valence-corrected chi connectivity index (χ4v) is 3.76. The van der Waals surface area contributed by atoms with Crippen molar-refractivity contribution < 1.29 is 14.6 Å². The molecule has 0 bridgehead atoms. The number of methoxy groups -OCH3 is 1. The number of fused-ring (bicyclic) bond motifs is 2. The third kappa shape index (κ3) is 3.87. The van der Waals surface area contributed by atoms with Gasteiger partial charge in [0.05, 0.1) is 29.9 Å². The van der Waals surface area contributed by atoms with Gasteiger partial charge in [0.2, 0.25) is 0 Å². The summed E-state index contributed by atoms with van der Waals surface area (Å²) in [7, 11) is 1.60.